The lowest BCUT2D eigenvalue weighted by Gasteiger charge is -2.06. The van der Waals surface area contributed by atoms with Crippen molar-refractivity contribution in [3.8, 4) is 5.75 Å². The minimum atomic E-state index is -3.52. The summed E-state index contributed by atoms with van der Waals surface area (Å²) in [5, 5.41) is 0.0839. The summed E-state index contributed by atoms with van der Waals surface area (Å²) in [6.07, 6.45) is 1.90. The van der Waals surface area contributed by atoms with E-state index in [9.17, 15) is 8.42 Å². The van der Waals surface area contributed by atoms with E-state index in [1.54, 1.807) is 14.0 Å². The molecule has 0 aliphatic heterocycles. The second kappa shape index (κ2) is 6.06. The molecule has 0 atom stereocenters. The molecular weight excluding hydrogens is 278 g/mol. The molecule has 0 saturated heterocycles. The molecule has 1 aromatic carbocycles. The molecule has 6 nitrogen and oxygen atoms in total. The predicted octanol–water partition coefficient (Wildman–Crippen LogP) is 1.25. The maximum atomic E-state index is 12.0. The van der Waals surface area contributed by atoms with E-state index in [1.807, 2.05) is 24.3 Å². The average Bonchev–Trinajstić information content (AvgIpc) is 2.86. The van der Waals surface area contributed by atoms with Crippen molar-refractivity contribution >= 4 is 10.0 Å². The second-order valence-corrected chi connectivity index (χ2v) is 6.07. The number of hydrogen-bond acceptors (Lipinski definition) is 4. The van der Waals surface area contributed by atoms with Crippen molar-refractivity contribution in [3.05, 3.63) is 41.9 Å². The Balaban J connectivity index is 1.95. The normalized spacial score (nSPS) is 11.5. The van der Waals surface area contributed by atoms with Gasteiger partial charge in [0.25, 0.3) is 10.0 Å². The number of rotatable bonds is 6. The number of nitrogens with zero attached hydrogens (tertiary/aromatic N) is 1. The number of aromatic nitrogens is 2. The van der Waals surface area contributed by atoms with Crippen LogP contribution in [0.3, 0.4) is 0 Å². The summed E-state index contributed by atoms with van der Waals surface area (Å²) >= 11 is 0. The van der Waals surface area contributed by atoms with Crippen LogP contribution in [0.1, 0.15) is 11.4 Å². The van der Waals surface area contributed by atoms with E-state index in [0.29, 0.717) is 18.8 Å². The molecule has 0 saturated carbocycles. The quantitative estimate of drug-likeness (QED) is 0.840. The molecule has 0 amide bonds. The van der Waals surface area contributed by atoms with Crippen LogP contribution in [0.15, 0.2) is 35.5 Å². The fraction of sp³-hybridized carbons (Fsp3) is 0.308. The molecule has 0 unspecified atom stereocenters. The fourth-order valence-electron chi connectivity index (χ4n) is 1.77. The van der Waals surface area contributed by atoms with Gasteiger partial charge in [-0.15, -0.1) is 0 Å². The Labute approximate surface area is 118 Å². The Morgan fingerprint density at radius 1 is 1.40 bits per heavy atom. The van der Waals surface area contributed by atoms with Crippen molar-refractivity contribution in [3.63, 3.8) is 0 Å². The van der Waals surface area contributed by atoms with Crippen LogP contribution in [0.25, 0.3) is 0 Å². The highest BCUT2D eigenvalue weighted by atomic mass is 32.2. The lowest BCUT2D eigenvalue weighted by atomic mass is 10.1. The van der Waals surface area contributed by atoms with Gasteiger partial charge in [0.2, 0.25) is 0 Å². The van der Waals surface area contributed by atoms with Crippen molar-refractivity contribution < 1.29 is 13.2 Å². The van der Waals surface area contributed by atoms with Crippen LogP contribution in [0.4, 0.5) is 0 Å². The Morgan fingerprint density at radius 2 is 2.20 bits per heavy atom. The number of imidazole rings is 1. The molecule has 0 aliphatic carbocycles. The SMILES string of the molecule is COc1cccc(CCNS(=O)(=O)c2cnc(C)[nH]2)c1. The monoisotopic (exact) mass is 295 g/mol. The topological polar surface area (TPSA) is 84.1 Å². The molecule has 0 aliphatic rings. The van der Waals surface area contributed by atoms with Crippen LogP contribution in [0.5, 0.6) is 5.75 Å². The van der Waals surface area contributed by atoms with Gasteiger partial charge in [0.05, 0.1) is 13.3 Å². The highest BCUT2D eigenvalue weighted by Crippen LogP contribution is 2.13. The van der Waals surface area contributed by atoms with E-state index in [0.717, 1.165) is 11.3 Å². The summed E-state index contributed by atoms with van der Waals surface area (Å²) in [5.41, 5.74) is 1.01. The number of H-pyrrole nitrogens is 1. The van der Waals surface area contributed by atoms with Crippen LogP contribution in [0.2, 0.25) is 0 Å². The molecule has 108 valence electrons. The maximum Gasteiger partial charge on any atom is 0.257 e. The number of hydrogen-bond donors (Lipinski definition) is 2. The summed E-state index contributed by atoms with van der Waals surface area (Å²) in [4.78, 5) is 6.58. The zero-order valence-electron chi connectivity index (χ0n) is 11.4. The van der Waals surface area contributed by atoms with E-state index in [4.69, 9.17) is 4.74 Å². The Bertz CT molecular complexity index is 680. The summed E-state index contributed by atoms with van der Waals surface area (Å²) in [7, 11) is -1.92. The van der Waals surface area contributed by atoms with Crippen molar-refractivity contribution in [2.75, 3.05) is 13.7 Å². The van der Waals surface area contributed by atoms with Gasteiger partial charge in [-0.05, 0) is 31.0 Å². The van der Waals surface area contributed by atoms with Gasteiger partial charge in [0.15, 0.2) is 5.03 Å². The van der Waals surface area contributed by atoms with E-state index >= 15 is 0 Å². The van der Waals surface area contributed by atoms with Crippen molar-refractivity contribution in [1.29, 1.82) is 0 Å². The molecule has 20 heavy (non-hydrogen) atoms. The number of sulfonamides is 1. The van der Waals surface area contributed by atoms with Gasteiger partial charge in [-0.2, -0.15) is 0 Å². The van der Waals surface area contributed by atoms with Crippen LogP contribution in [-0.4, -0.2) is 32.0 Å². The second-order valence-electron chi connectivity index (χ2n) is 4.33. The first-order valence-electron chi connectivity index (χ1n) is 6.15. The number of nitrogens with one attached hydrogen (secondary N) is 2. The van der Waals surface area contributed by atoms with Gasteiger partial charge in [0, 0.05) is 6.54 Å². The summed E-state index contributed by atoms with van der Waals surface area (Å²) in [6, 6.07) is 7.54. The van der Waals surface area contributed by atoms with E-state index < -0.39 is 10.0 Å². The zero-order valence-corrected chi connectivity index (χ0v) is 12.2. The molecule has 0 spiro atoms. The van der Waals surface area contributed by atoms with Gasteiger partial charge in [0.1, 0.15) is 11.6 Å². The summed E-state index contributed by atoms with van der Waals surface area (Å²) in [6.45, 7) is 2.02. The fourth-order valence-corrected chi connectivity index (χ4v) is 2.77. The van der Waals surface area contributed by atoms with Gasteiger partial charge >= 0.3 is 0 Å². The summed E-state index contributed by atoms with van der Waals surface area (Å²) in [5.74, 6) is 1.33. The van der Waals surface area contributed by atoms with Gasteiger partial charge in [-0.1, -0.05) is 12.1 Å². The first-order chi connectivity index (χ1) is 9.51. The largest absolute Gasteiger partial charge is 0.497 e. The molecule has 0 fully saturated rings. The van der Waals surface area contributed by atoms with E-state index in [1.165, 1.54) is 6.20 Å². The van der Waals surface area contributed by atoms with Crippen molar-refractivity contribution in [2.45, 2.75) is 18.4 Å². The van der Waals surface area contributed by atoms with Gasteiger partial charge < -0.3 is 9.72 Å². The Hall–Kier alpha value is -1.86. The lowest BCUT2D eigenvalue weighted by Crippen LogP contribution is -2.26. The molecule has 2 rings (SSSR count). The third kappa shape index (κ3) is 3.58. The molecule has 0 bridgehead atoms. The van der Waals surface area contributed by atoms with E-state index in [-0.39, 0.29) is 5.03 Å². The number of aromatic amines is 1. The molecule has 2 aromatic rings. The highest BCUT2D eigenvalue weighted by molar-refractivity contribution is 7.89. The summed E-state index contributed by atoms with van der Waals surface area (Å²) < 4.78 is 31.6. The Morgan fingerprint density at radius 3 is 2.85 bits per heavy atom. The van der Waals surface area contributed by atoms with Crippen molar-refractivity contribution in [1.82, 2.24) is 14.7 Å². The first kappa shape index (κ1) is 14.5. The number of benzene rings is 1. The Kier molecular flexibility index (Phi) is 4.41. The molecule has 1 heterocycles. The standard InChI is InChI=1S/C13H17N3O3S/c1-10-14-9-13(16-10)20(17,18)15-7-6-11-4-3-5-12(8-11)19-2/h3-5,8-9,15H,6-7H2,1-2H3,(H,14,16). The highest BCUT2D eigenvalue weighted by Gasteiger charge is 2.15. The van der Waals surface area contributed by atoms with Crippen molar-refractivity contribution in [2.24, 2.45) is 0 Å². The number of methoxy groups -OCH3 is 1. The smallest absolute Gasteiger partial charge is 0.257 e. The molecule has 2 N–H and O–H groups in total. The van der Waals surface area contributed by atoms with Gasteiger partial charge in [-0.3, -0.25) is 0 Å². The zero-order chi connectivity index (χ0) is 14.6. The number of ether oxygens (including phenoxy) is 1. The van der Waals surface area contributed by atoms with E-state index in [2.05, 4.69) is 14.7 Å². The van der Waals surface area contributed by atoms with Crippen LogP contribution in [-0.2, 0) is 16.4 Å². The maximum absolute atomic E-state index is 12.0. The molecule has 1 aromatic heterocycles. The average molecular weight is 295 g/mol. The molecular formula is C13H17N3O3S. The molecule has 0 radical (unpaired) electrons. The number of aryl methyl sites for hydroxylation is 1. The van der Waals surface area contributed by atoms with Gasteiger partial charge in [-0.25, -0.2) is 18.1 Å². The lowest BCUT2D eigenvalue weighted by molar-refractivity contribution is 0.414. The third-order valence-electron chi connectivity index (χ3n) is 2.81. The predicted molar refractivity (Wildman–Crippen MR) is 75.2 cm³/mol. The minimum absolute atomic E-state index is 0.0839. The molecule has 7 heteroatoms. The van der Waals surface area contributed by atoms with Crippen LogP contribution >= 0.6 is 0 Å². The third-order valence-corrected chi connectivity index (χ3v) is 4.18. The van der Waals surface area contributed by atoms with Crippen LogP contribution < -0.4 is 9.46 Å². The first-order valence-corrected chi connectivity index (χ1v) is 7.64. The van der Waals surface area contributed by atoms with Crippen LogP contribution in [0, 0.1) is 6.92 Å². The minimum Gasteiger partial charge on any atom is -0.497 e.